The number of carbonyl (C=O) groups excluding carboxylic acids is 1. The van der Waals surface area contributed by atoms with Gasteiger partial charge in [0.25, 0.3) is 0 Å². The van der Waals surface area contributed by atoms with Crippen molar-refractivity contribution in [3.05, 3.63) is 63.0 Å². The first-order valence-electron chi connectivity index (χ1n) is 8.14. The first-order valence-corrected chi connectivity index (χ1v) is 9.72. The van der Waals surface area contributed by atoms with Gasteiger partial charge in [0.1, 0.15) is 0 Å². The Balaban J connectivity index is 1.50. The molecular weight excluding hydrogens is 432 g/mol. The fourth-order valence-electron chi connectivity index (χ4n) is 3.00. The molecule has 1 amide bonds. The number of anilines is 1. The number of piperidine rings is 1. The fraction of sp³-hybridized carbons (Fsp3) is 0.316. The third-order valence-electron chi connectivity index (χ3n) is 4.41. The van der Waals surface area contributed by atoms with Crippen molar-refractivity contribution in [3.8, 4) is 0 Å². The molecule has 2 aromatic carbocycles. The van der Waals surface area contributed by atoms with Crippen LogP contribution in [0, 0.1) is 5.92 Å². The molecule has 0 aromatic heterocycles. The number of nitrogens with zero attached hydrogens (tertiary/aromatic N) is 1. The average molecular weight is 452 g/mol. The van der Waals surface area contributed by atoms with E-state index in [2.05, 4.69) is 66.3 Å². The Morgan fingerprint density at radius 2 is 1.71 bits per heavy atom. The molecule has 0 spiro atoms. The van der Waals surface area contributed by atoms with Gasteiger partial charge in [0.15, 0.2) is 0 Å². The van der Waals surface area contributed by atoms with E-state index < -0.39 is 0 Å². The maximum atomic E-state index is 12.5. The summed E-state index contributed by atoms with van der Waals surface area (Å²) in [6.07, 6.45) is 1.82. The number of para-hydroxylation sites is 1. The summed E-state index contributed by atoms with van der Waals surface area (Å²) in [6, 6.07) is 16.2. The third-order valence-corrected chi connectivity index (χ3v) is 5.63. The minimum Gasteiger partial charge on any atom is -0.325 e. The molecule has 5 heteroatoms. The molecule has 2 aromatic rings. The molecule has 0 aliphatic carbocycles. The summed E-state index contributed by atoms with van der Waals surface area (Å²) < 4.78 is 2.03. The Bertz CT molecular complexity index is 695. The number of nitrogens with one attached hydrogen (secondary N) is 1. The zero-order chi connectivity index (χ0) is 16.9. The first-order chi connectivity index (χ1) is 11.6. The second-order valence-electron chi connectivity index (χ2n) is 6.15. The summed E-state index contributed by atoms with van der Waals surface area (Å²) in [5.74, 6) is 0.225. The fourth-order valence-corrected chi connectivity index (χ4v) is 3.65. The van der Waals surface area contributed by atoms with E-state index in [1.54, 1.807) is 0 Å². The Labute approximate surface area is 159 Å². The normalized spacial score (nSPS) is 16.1. The molecule has 1 aliphatic rings. The largest absolute Gasteiger partial charge is 0.325 e. The number of hydrogen-bond donors (Lipinski definition) is 1. The SMILES string of the molecule is O=C(Nc1ccccc1Br)C1CCN(Cc2ccc(Br)cc2)CC1. The van der Waals surface area contributed by atoms with Gasteiger partial charge in [-0.3, -0.25) is 9.69 Å². The van der Waals surface area contributed by atoms with E-state index in [9.17, 15) is 4.79 Å². The predicted molar refractivity (Wildman–Crippen MR) is 105 cm³/mol. The van der Waals surface area contributed by atoms with Crippen LogP contribution in [-0.4, -0.2) is 23.9 Å². The smallest absolute Gasteiger partial charge is 0.227 e. The molecule has 1 aliphatic heterocycles. The van der Waals surface area contributed by atoms with Gasteiger partial charge < -0.3 is 5.32 Å². The number of carbonyl (C=O) groups is 1. The Kier molecular flexibility index (Phi) is 6.09. The zero-order valence-electron chi connectivity index (χ0n) is 13.3. The van der Waals surface area contributed by atoms with Crippen LogP contribution >= 0.6 is 31.9 Å². The van der Waals surface area contributed by atoms with Gasteiger partial charge in [-0.25, -0.2) is 0 Å². The van der Waals surface area contributed by atoms with E-state index in [-0.39, 0.29) is 11.8 Å². The van der Waals surface area contributed by atoms with Gasteiger partial charge in [0.05, 0.1) is 5.69 Å². The summed E-state index contributed by atoms with van der Waals surface area (Å²) in [5, 5.41) is 3.04. The van der Waals surface area contributed by atoms with Crippen molar-refractivity contribution in [2.24, 2.45) is 5.92 Å². The summed E-state index contributed by atoms with van der Waals surface area (Å²) in [7, 11) is 0. The topological polar surface area (TPSA) is 32.3 Å². The lowest BCUT2D eigenvalue weighted by Gasteiger charge is -2.31. The maximum Gasteiger partial charge on any atom is 0.227 e. The van der Waals surface area contributed by atoms with Crippen molar-refractivity contribution in [3.63, 3.8) is 0 Å². The lowest BCUT2D eigenvalue weighted by molar-refractivity contribution is -0.121. The highest BCUT2D eigenvalue weighted by Crippen LogP contribution is 2.25. The molecule has 0 saturated carbocycles. The van der Waals surface area contributed by atoms with Gasteiger partial charge in [-0.15, -0.1) is 0 Å². The molecule has 126 valence electrons. The van der Waals surface area contributed by atoms with Crippen molar-refractivity contribution < 1.29 is 4.79 Å². The molecule has 1 fully saturated rings. The van der Waals surface area contributed by atoms with E-state index >= 15 is 0 Å². The van der Waals surface area contributed by atoms with Crippen LogP contribution in [0.25, 0.3) is 0 Å². The minimum absolute atomic E-state index is 0.0956. The highest BCUT2D eigenvalue weighted by atomic mass is 79.9. The van der Waals surface area contributed by atoms with Gasteiger partial charge in [-0.05, 0) is 71.7 Å². The molecule has 24 heavy (non-hydrogen) atoms. The van der Waals surface area contributed by atoms with Crippen LogP contribution in [0.5, 0.6) is 0 Å². The molecule has 1 heterocycles. The summed E-state index contributed by atoms with van der Waals surface area (Å²) >= 11 is 6.94. The molecule has 0 bridgehead atoms. The van der Waals surface area contributed by atoms with Crippen LogP contribution in [0.2, 0.25) is 0 Å². The van der Waals surface area contributed by atoms with Crippen LogP contribution in [0.3, 0.4) is 0 Å². The van der Waals surface area contributed by atoms with E-state index in [1.807, 2.05) is 24.3 Å². The molecule has 0 atom stereocenters. The summed E-state index contributed by atoms with van der Waals surface area (Å²) in [6.45, 7) is 2.88. The van der Waals surface area contributed by atoms with Crippen molar-refractivity contribution in [2.45, 2.75) is 19.4 Å². The number of likely N-dealkylation sites (tertiary alicyclic amines) is 1. The van der Waals surface area contributed by atoms with Crippen molar-refractivity contribution in [1.82, 2.24) is 4.90 Å². The van der Waals surface area contributed by atoms with Crippen LogP contribution in [-0.2, 0) is 11.3 Å². The summed E-state index contributed by atoms with van der Waals surface area (Å²) in [5.41, 5.74) is 2.16. The van der Waals surface area contributed by atoms with Gasteiger partial charge in [0, 0.05) is 21.4 Å². The number of rotatable bonds is 4. The number of halogens is 2. The van der Waals surface area contributed by atoms with Crippen molar-refractivity contribution in [1.29, 1.82) is 0 Å². The van der Waals surface area contributed by atoms with Crippen LogP contribution < -0.4 is 5.32 Å². The quantitative estimate of drug-likeness (QED) is 0.704. The number of amides is 1. The second kappa shape index (κ2) is 8.28. The number of benzene rings is 2. The average Bonchev–Trinajstić information content (AvgIpc) is 2.59. The Morgan fingerprint density at radius 3 is 2.38 bits per heavy atom. The standard InChI is InChI=1S/C19H20Br2N2O/c20-16-7-5-14(6-8-16)13-23-11-9-15(10-12-23)19(24)22-18-4-2-1-3-17(18)21/h1-8,15H,9-13H2,(H,22,24). The Hall–Kier alpha value is -1.17. The lowest BCUT2D eigenvalue weighted by atomic mass is 9.95. The van der Waals surface area contributed by atoms with E-state index in [4.69, 9.17) is 0 Å². The van der Waals surface area contributed by atoms with Crippen LogP contribution in [0.4, 0.5) is 5.69 Å². The monoisotopic (exact) mass is 450 g/mol. The third kappa shape index (κ3) is 4.68. The molecule has 0 unspecified atom stereocenters. The summed E-state index contributed by atoms with van der Waals surface area (Å²) in [4.78, 5) is 14.9. The molecule has 1 N–H and O–H groups in total. The minimum atomic E-state index is 0.0956. The van der Waals surface area contributed by atoms with Crippen LogP contribution in [0.15, 0.2) is 57.5 Å². The maximum absolute atomic E-state index is 12.5. The van der Waals surface area contributed by atoms with Crippen molar-refractivity contribution >= 4 is 43.5 Å². The van der Waals surface area contributed by atoms with Crippen molar-refractivity contribution in [2.75, 3.05) is 18.4 Å². The zero-order valence-corrected chi connectivity index (χ0v) is 16.5. The van der Waals surface area contributed by atoms with Gasteiger partial charge in [0.2, 0.25) is 5.91 Å². The Morgan fingerprint density at radius 1 is 1.04 bits per heavy atom. The highest BCUT2D eigenvalue weighted by molar-refractivity contribution is 9.10. The molecule has 3 nitrogen and oxygen atoms in total. The van der Waals surface area contributed by atoms with Gasteiger partial charge >= 0.3 is 0 Å². The number of hydrogen-bond acceptors (Lipinski definition) is 2. The van der Waals surface area contributed by atoms with E-state index in [0.717, 1.165) is 47.1 Å². The second-order valence-corrected chi connectivity index (χ2v) is 7.92. The molecular formula is C19H20Br2N2O. The van der Waals surface area contributed by atoms with Gasteiger partial charge in [-0.1, -0.05) is 40.2 Å². The first kappa shape index (κ1) is 17.6. The predicted octanol–water partition coefficient (Wildman–Crippen LogP) is 5.06. The van der Waals surface area contributed by atoms with E-state index in [1.165, 1.54) is 5.56 Å². The lowest BCUT2D eigenvalue weighted by Crippen LogP contribution is -2.37. The molecule has 3 rings (SSSR count). The van der Waals surface area contributed by atoms with Crippen LogP contribution in [0.1, 0.15) is 18.4 Å². The van der Waals surface area contributed by atoms with Gasteiger partial charge in [-0.2, -0.15) is 0 Å². The highest BCUT2D eigenvalue weighted by Gasteiger charge is 2.25. The molecule has 0 radical (unpaired) electrons. The molecule has 1 saturated heterocycles. The van der Waals surface area contributed by atoms with E-state index in [0.29, 0.717) is 0 Å².